The van der Waals surface area contributed by atoms with Crippen molar-refractivity contribution in [1.82, 2.24) is 0 Å². The van der Waals surface area contributed by atoms with Crippen LogP contribution in [0.25, 0.3) is 0 Å². The molecular formula is C42H82NO7P. The molecule has 0 radical (unpaired) electrons. The first-order valence-corrected chi connectivity index (χ1v) is 22.8. The van der Waals surface area contributed by atoms with Crippen LogP contribution in [0.4, 0.5) is 0 Å². The second-order valence-electron chi connectivity index (χ2n) is 14.2. The molecule has 0 aromatic heterocycles. The molecule has 302 valence electrons. The van der Waals surface area contributed by atoms with Gasteiger partial charge in [0.25, 0.3) is 0 Å². The van der Waals surface area contributed by atoms with Crippen LogP contribution in [-0.2, 0) is 27.9 Å². The summed E-state index contributed by atoms with van der Waals surface area (Å²) in [6.07, 6.45) is 43.4. The van der Waals surface area contributed by atoms with E-state index in [0.29, 0.717) is 13.0 Å². The van der Waals surface area contributed by atoms with Crippen LogP contribution in [0.2, 0.25) is 0 Å². The summed E-state index contributed by atoms with van der Waals surface area (Å²) in [6.45, 7) is 4.90. The molecule has 9 heteroatoms. The van der Waals surface area contributed by atoms with Crippen LogP contribution in [0.5, 0.6) is 0 Å². The second-order valence-corrected chi connectivity index (χ2v) is 15.7. The third kappa shape index (κ3) is 40.0. The van der Waals surface area contributed by atoms with E-state index in [2.05, 4.69) is 38.2 Å². The van der Waals surface area contributed by atoms with Crippen LogP contribution in [0.3, 0.4) is 0 Å². The number of carbonyl (C=O) groups excluding carboxylic acids is 1. The number of nitrogens with two attached hydrogens (primary N) is 1. The summed E-state index contributed by atoms with van der Waals surface area (Å²) in [5.41, 5.74) is 5.36. The fourth-order valence-corrected chi connectivity index (χ4v) is 6.69. The second kappa shape index (κ2) is 40.2. The van der Waals surface area contributed by atoms with E-state index in [-0.39, 0.29) is 32.3 Å². The van der Waals surface area contributed by atoms with Gasteiger partial charge in [0.15, 0.2) is 0 Å². The summed E-state index contributed by atoms with van der Waals surface area (Å²) < 4.78 is 33.4. The van der Waals surface area contributed by atoms with Crippen LogP contribution in [-0.4, -0.2) is 49.9 Å². The molecule has 0 bridgehead atoms. The lowest BCUT2D eigenvalue weighted by atomic mass is 10.1. The lowest BCUT2D eigenvalue weighted by Gasteiger charge is -2.20. The van der Waals surface area contributed by atoms with Crippen molar-refractivity contribution in [2.75, 3.05) is 33.0 Å². The first kappa shape index (κ1) is 50.0. The van der Waals surface area contributed by atoms with Gasteiger partial charge in [-0.1, -0.05) is 154 Å². The molecule has 0 saturated carbocycles. The van der Waals surface area contributed by atoms with Gasteiger partial charge < -0.3 is 20.1 Å². The molecule has 0 heterocycles. The van der Waals surface area contributed by atoms with Crippen LogP contribution in [0, 0.1) is 0 Å². The maximum Gasteiger partial charge on any atom is 0.472 e. The monoisotopic (exact) mass is 744 g/mol. The molecule has 0 rings (SSSR count). The van der Waals surface area contributed by atoms with Crippen molar-refractivity contribution in [1.29, 1.82) is 0 Å². The van der Waals surface area contributed by atoms with Gasteiger partial charge in [0.05, 0.1) is 19.8 Å². The minimum Gasteiger partial charge on any atom is -0.457 e. The smallest absolute Gasteiger partial charge is 0.457 e. The van der Waals surface area contributed by atoms with Crippen LogP contribution in [0.15, 0.2) is 24.3 Å². The van der Waals surface area contributed by atoms with E-state index in [9.17, 15) is 14.3 Å². The molecule has 3 N–H and O–H groups in total. The number of phosphoric acid groups is 1. The zero-order valence-corrected chi connectivity index (χ0v) is 34.2. The number of phosphoric ester groups is 1. The SMILES string of the molecule is CCCCC/C=C\CCCCCCCC(=O)OC(COCCCCCCCCCCCC/C=C\CCCCCCCC)COP(=O)(O)OCCN. The summed E-state index contributed by atoms with van der Waals surface area (Å²) in [7, 11) is -4.27. The summed E-state index contributed by atoms with van der Waals surface area (Å²) in [5.74, 6) is -0.339. The van der Waals surface area contributed by atoms with Gasteiger partial charge >= 0.3 is 13.8 Å². The average Bonchev–Trinajstić information content (AvgIpc) is 3.12. The summed E-state index contributed by atoms with van der Waals surface area (Å²) in [4.78, 5) is 22.4. The molecule has 0 aliphatic heterocycles. The van der Waals surface area contributed by atoms with Crippen molar-refractivity contribution < 1.29 is 32.8 Å². The maximum atomic E-state index is 12.5. The molecule has 0 aliphatic carbocycles. The summed E-state index contributed by atoms with van der Waals surface area (Å²) in [5, 5.41) is 0. The van der Waals surface area contributed by atoms with E-state index < -0.39 is 13.9 Å². The first-order valence-electron chi connectivity index (χ1n) is 21.3. The van der Waals surface area contributed by atoms with Crippen molar-refractivity contribution in [3.05, 3.63) is 24.3 Å². The number of unbranched alkanes of at least 4 members (excludes halogenated alkanes) is 24. The minimum absolute atomic E-state index is 0.0960. The molecule has 0 saturated heterocycles. The van der Waals surface area contributed by atoms with Crippen molar-refractivity contribution >= 4 is 13.8 Å². The van der Waals surface area contributed by atoms with E-state index in [4.69, 9.17) is 24.3 Å². The van der Waals surface area contributed by atoms with E-state index in [1.807, 2.05) is 0 Å². The fraction of sp³-hybridized carbons (Fsp3) is 0.881. The molecule has 0 fully saturated rings. The van der Waals surface area contributed by atoms with Gasteiger partial charge in [0.2, 0.25) is 0 Å². The number of hydrogen-bond donors (Lipinski definition) is 2. The topological polar surface area (TPSA) is 117 Å². The van der Waals surface area contributed by atoms with Crippen molar-refractivity contribution in [3.8, 4) is 0 Å². The summed E-state index contributed by atoms with van der Waals surface area (Å²) >= 11 is 0. The van der Waals surface area contributed by atoms with E-state index >= 15 is 0 Å². The molecule has 0 aromatic rings. The van der Waals surface area contributed by atoms with Crippen molar-refractivity contribution in [2.45, 2.75) is 206 Å². The zero-order chi connectivity index (χ0) is 37.4. The Labute approximate surface area is 315 Å². The number of hydrogen-bond acceptors (Lipinski definition) is 7. The van der Waals surface area contributed by atoms with Gasteiger partial charge in [-0.25, -0.2) is 4.57 Å². The van der Waals surface area contributed by atoms with Gasteiger partial charge in [-0.15, -0.1) is 0 Å². The first-order chi connectivity index (χ1) is 24.9. The number of rotatable bonds is 41. The average molecular weight is 744 g/mol. The quantitative estimate of drug-likeness (QED) is 0.0275. The lowest BCUT2D eigenvalue weighted by Crippen LogP contribution is -2.28. The molecule has 0 spiro atoms. The Morgan fingerprint density at radius 3 is 1.47 bits per heavy atom. The van der Waals surface area contributed by atoms with Crippen LogP contribution in [0.1, 0.15) is 200 Å². The van der Waals surface area contributed by atoms with Gasteiger partial charge in [0.1, 0.15) is 6.10 Å². The Morgan fingerprint density at radius 1 is 0.569 bits per heavy atom. The third-order valence-electron chi connectivity index (χ3n) is 9.09. The Kier molecular flexibility index (Phi) is 39.4. The lowest BCUT2D eigenvalue weighted by molar-refractivity contribution is -0.154. The van der Waals surface area contributed by atoms with Crippen LogP contribution >= 0.6 is 7.82 Å². The fourth-order valence-electron chi connectivity index (χ4n) is 5.93. The van der Waals surface area contributed by atoms with Crippen molar-refractivity contribution in [2.24, 2.45) is 5.73 Å². The van der Waals surface area contributed by atoms with Gasteiger partial charge in [-0.3, -0.25) is 13.8 Å². The highest BCUT2D eigenvalue weighted by Gasteiger charge is 2.25. The van der Waals surface area contributed by atoms with E-state index in [1.165, 1.54) is 135 Å². The Hall–Kier alpha value is -1.02. The number of esters is 1. The largest absolute Gasteiger partial charge is 0.472 e. The molecule has 0 aliphatic rings. The molecular weight excluding hydrogens is 661 g/mol. The Bertz CT molecular complexity index is 838. The number of ether oxygens (including phenoxy) is 2. The minimum atomic E-state index is -4.27. The Morgan fingerprint density at radius 2 is 0.980 bits per heavy atom. The molecule has 2 unspecified atom stereocenters. The van der Waals surface area contributed by atoms with Gasteiger partial charge in [-0.2, -0.15) is 0 Å². The molecule has 2 atom stereocenters. The van der Waals surface area contributed by atoms with E-state index in [1.54, 1.807) is 0 Å². The molecule has 0 aromatic carbocycles. The Balaban J connectivity index is 3.98. The van der Waals surface area contributed by atoms with Gasteiger partial charge in [-0.05, 0) is 64.2 Å². The number of allylic oxidation sites excluding steroid dienone is 4. The predicted octanol–water partition coefficient (Wildman–Crippen LogP) is 12.5. The predicted molar refractivity (Wildman–Crippen MR) is 215 cm³/mol. The zero-order valence-electron chi connectivity index (χ0n) is 33.3. The molecule has 51 heavy (non-hydrogen) atoms. The highest BCUT2D eigenvalue weighted by Crippen LogP contribution is 2.43. The molecule has 8 nitrogen and oxygen atoms in total. The maximum absolute atomic E-state index is 12.5. The number of carbonyl (C=O) groups is 1. The van der Waals surface area contributed by atoms with E-state index in [0.717, 1.165) is 44.9 Å². The highest BCUT2D eigenvalue weighted by molar-refractivity contribution is 7.47. The van der Waals surface area contributed by atoms with Crippen molar-refractivity contribution in [3.63, 3.8) is 0 Å². The normalized spacial score (nSPS) is 13.7. The van der Waals surface area contributed by atoms with Crippen LogP contribution < -0.4 is 5.73 Å². The highest BCUT2D eigenvalue weighted by atomic mass is 31.2. The third-order valence-corrected chi connectivity index (χ3v) is 10.1. The standard InChI is InChI=1S/C42H82NO7P/c1-3-5-7-9-11-13-15-17-18-19-20-21-22-23-24-26-28-30-32-34-37-47-39-41(40-49-51(45,46)48-38-36-43)50-42(44)35-33-31-29-27-25-16-14-12-10-8-6-4-2/h12,14,17-18,41H,3-11,13,15-16,19-40,43H2,1-2H3,(H,45,46)/b14-12-,18-17-. The van der Waals surface area contributed by atoms with Gasteiger partial charge in [0, 0.05) is 19.6 Å². The summed E-state index contributed by atoms with van der Waals surface area (Å²) in [6, 6.07) is 0. The molecule has 0 amide bonds.